The third-order valence-corrected chi connectivity index (χ3v) is 2.95. The van der Waals surface area contributed by atoms with Crippen molar-refractivity contribution in [2.24, 2.45) is 5.92 Å². The zero-order chi connectivity index (χ0) is 12.3. The lowest BCUT2D eigenvalue weighted by Crippen LogP contribution is -2.54. The Morgan fingerprint density at radius 1 is 1.44 bits per heavy atom. The molecule has 0 aromatic rings. The van der Waals surface area contributed by atoms with Crippen molar-refractivity contribution in [3.8, 4) is 0 Å². The van der Waals surface area contributed by atoms with Crippen molar-refractivity contribution in [2.75, 3.05) is 13.1 Å². The molecule has 3 N–H and O–H groups in total. The van der Waals surface area contributed by atoms with Crippen molar-refractivity contribution in [3.05, 3.63) is 0 Å². The van der Waals surface area contributed by atoms with Gasteiger partial charge in [0.2, 0.25) is 0 Å². The van der Waals surface area contributed by atoms with E-state index in [-0.39, 0.29) is 18.2 Å². The summed E-state index contributed by atoms with van der Waals surface area (Å²) in [7, 11) is 0. The predicted molar refractivity (Wildman–Crippen MR) is 59.9 cm³/mol. The number of hydrogen-bond donors (Lipinski definition) is 3. The van der Waals surface area contributed by atoms with Crippen LogP contribution in [0, 0.1) is 5.92 Å². The van der Waals surface area contributed by atoms with Gasteiger partial charge in [0.15, 0.2) is 11.4 Å². The van der Waals surface area contributed by atoms with Crippen molar-refractivity contribution < 1.29 is 14.7 Å². The van der Waals surface area contributed by atoms with E-state index in [1.807, 2.05) is 13.8 Å². The van der Waals surface area contributed by atoms with Crippen LogP contribution in [0.4, 0.5) is 0 Å². The van der Waals surface area contributed by atoms with Gasteiger partial charge in [0.25, 0.3) is 5.91 Å². The van der Waals surface area contributed by atoms with E-state index in [4.69, 9.17) is 0 Å². The van der Waals surface area contributed by atoms with Gasteiger partial charge < -0.3 is 15.7 Å². The van der Waals surface area contributed by atoms with Crippen LogP contribution >= 0.6 is 0 Å². The number of Topliss-reactive ketones (excluding diaryl/α,β-unsaturated/α-hetero) is 1. The number of β-amino-alcohol motifs (C(OH)–C–C–N with tert-alkyl or cyclic N) is 1. The maximum absolute atomic E-state index is 11.8. The molecule has 1 rings (SSSR count). The van der Waals surface area contributed by atoms with E-state index >= 15 is 0 Å². The van der Waals surface area contributed by atoms with Gasteiger partial charge in [-0.05, 0) is 25.8 Å². The summed E-state index contributed by atoms with van der Waals surface area (Å²) in [5, 5.41) is 15.5. The molecule has 1 amide bonds. The molecule has 5 nitrogen and oxygen atoms in total. The number of rotatable bonds is 4. The number of aliphatic hydroxyl groups is 1. The first-order valence-corrected chi connectivity index (χ1v) is 5.61. The number of nitrogens with one attached hydrogen (secondary N) is 2. The lowest BCUT2D eigenvalue weighted by atomic mass is 9.97. The quantitative estimate of drug-likeness (QED) is 0.603. The van der Waals surface area contributed by atoms with E-state index in [9.17, 15) is 14.7 Å². The first-order valence-electron chi connectivity index (χ1n) is 5.61. The van der Waals surface area contributed by atoms with E-state index in [1.165, 1.54) is 6.92 Å². The molecular weight excluding hydrogens is 208 g/mol. The largest absolute Gasteiger partial charge is 0.379 e. The van der Waals surface area contributed by atoms with Gasteiger partial charge in [0.05, 0.1) is 6.04 Å². The molecule has 92 valence electrons. The Hall–Kier alpha value is -0.940. The first-order chi connectivity index (χ1) is 7.37. The summed E-state index contributed by atoms with van der Waals surface area (Å²) in [6, 6.07) is -0.517. The number of carbonyl (C=O) groups is 2. The average molecular weight is 228 g/mol. The minimum atomic E-state index is -1.36. The molecule has 0 spiro atoms. The molecular formula is C11H20N2O3. The van der Waals surface area contributed by atoms with Crippen LogP contribution in [0.5, 0.6) is 0 Å². The Morgan fingerprint density at radius 2 is 2.06 bits per heavy atom. The van der Waals surface area contributed by atoms with Crippen LogP contribution in [-0.4, -0.2) is 41.5 Å². The molecule has 2 atom stereocenters. The third-order valence-electron chi connectivity index (χ3n) is 2.95. The van der Waals surface area contributed by atoms with Gasteiger partial charge in [-0.3, -0.25) is 9.59 Å². The lowest BCUT2D eigenvalue weighted by molar-refractivity contribution is -0.140. The summed E-state index contributed by atoms with van der Waals surface area (Å²) >= 11 is 0. The summed E-state index contributed by atoms with van der Waals surface area (Å²) in [4.78, 5) is 23.2. The Labute approximate surface area is 95.6 Å². The SMILES string of the molecule is CC(=O)C(NC(=O)C1(O)CCNC1)C(C)C. The Balaban J connectivity index is 2.65. The van der Waals surface area contributed by atoms with Gasteiger partial charge in [-0.1, -0.05) is 13.8 Å². The van der Waals surface area contributed by atoms with Crippen molar-refractivity contribution in [1.82, 2.24) is 10.6 Å². The highest BCUT2D eigenvalue weighted by Gasteiger charge is 2.40. The van der Waals surface area contributed by atoms with Crippen molar-refractivity contribution in [3.63, 3.8) is 0 Å². The maximum atomic E-state index is 11.8. The molecule has 1 saturated heterocycles. The third kappa shape index (κ3) is 2.80. The molecule has 1 heterocycles. The van der Waals surface area contributed by atoms with Gasteiger partial charge >= 0.3 is 0 Å². The second kappa shape index (κ2) is 4.93. The van der Waals surface area contributed by atoms with Gasteiger partial charge in [-0.25, -0.2) is 0 Å². The second-order valence-corrected chi connectivity index (χ2v) is 4.76. The van der Waals surface area contributed by atoms with E-state index in [0.717, 1.165) is 0 Å². The molecule has 2 unspecified atom stereocenters. The first kappa shape index (κ1) is 13.1. The fraction of sp³-hybridized carbons (Fsp3) is 0.818. The average Bonchev–Trinajstić information content (AvgIpc) is 2.61. The maximum Gasteiger partial charge on any atom is 0.253 e. The zero-order valence-corrected chi connectivity index (χ0v) is 10.0. The van der Waals surface area contributed by atoms with Gasteiger partial charge in [0, 0.05) is 6.54 Å². The summed E-state index contributed by atoms with van der Waals surface area (Å²) in [5.74, 6) is -0.510. The summed E-state index contributed by atoms with van der Waals surface area (Å²) in [6.07, 6.45) is 0.390. The van der Waals surface area contributed by atoms with Crippen LogP contribution in [0.1, 0.15) is 27.2 Å². The van der Waals surface area contributed by atoms with Gasteiger partial charge in [-0.2, -0.15) is 0 Å². The molecule has 16 heavy (non-hydrogen) atoms. The molecule has 5 heteroatoms. The molecule has 1 aliphatic heterocycles. The van der Waals surface area contributed by atoms with Crippen LogP contribution in [0.3, 0.4) is 0 Å². The predicted octanol–water partition coefficient (Wildman–Crippen LogP) is -0.559. The highest BCUT2D eigenvalue weighted by molar-refractivity contribution is 5.91. The molecule has 0 bridgehead atoms. The number of carbonyl (C=O) groups excluding carboxylic acids is 2. The molecule has 1 fully saturated rings. The molecule has 0 saturated carbocycles. The number of amides is 1. The number of hydrogen-bond acceptors (Lipinski definition) is 4. The normalized spacial score (nSPS) is 26.8. The van der Waals surface area contributed by atoms with E-state index < -0.39 is 17.6 Å². The van der Waals surface area contributed by atoms with Crippen molar-refractivity contribution in [1.29, 1.82) is 0 Å². The fourth-order valence-corrected chi connectivity index (χ4v) is 1.89. The van der Waals surface area contributed by atoms with Crippen LogP contribution in [0.25, 0.3) is 0 Å². The van der Waals surface area contributed by atoms with Crippen molar-refractivity contribution in [2.45, 2.75) is 38.8 Å². The Morgan fingerprint density at radius 3 is 2.44 bits per heavy atom. The van der Waals surface area contributed by atoms with Crippen LogP contribution in [-0.2, 0) is 9.59 Å². The number of ketones is 1. The minimum absolute atomic E-state index is 0.0272. The van der Waals surface area contributed by atoms with E-state index in [1.54, 1.807) is 0 Å². The van der Waals surface area contributed by atoms with Crippen LogP contribution < -0.4 is 10.6 Å². The van der Waals surface area contributed by atoms with E-state index in [0.29, 0.717) is 13.0 Å². The molecule has 0 aromatic heterocycles. The molecule has 0 aromatic carbocycles. The zero-order valence-electron chi connectivity index (χ0n) is 10.0. The topological polar surface area (TPSA) is 78.4 Å². The highest BCUT2D eigenvalue weighted by Crippen LogP contribution is 2.15. The van der Waals surface area contributed by atoms with Crippen LogP contribution in [0.2, 0.25) is 0 Å². The smallest absolute Gasteiger partial charge is 0.253 e. The lowest BCUT2D eigenvalue weighted by Gasteiger charge is -2.26. The standard InChI is InChI=1S/C11H20N2O3/c1-7(2)9(8(3)14)13-10(15)11(16)4-5-12-6-11/h7,9,12,16H,4-6H2,1-3H3,(H,13,15). The highest BCUT2D eigenvalue weighted by atomic mass is 16.3. The summed E-state index contributed by atoms with van der Waals surface area (Å²) in [6.45, 7) is 6.05. The van der Waals surface area contributed by atoms with E-state index in [2.05, 4.69) is 10.6 Å². The van der Waals surface area contributed by atoms with Gasteiger partial charge in [0.1, 0.15) is 0 Å². The summed E-state index contributed by atoms with van der Waals surface area (Å²) in [5.41, 5.74) is -1.36. The summed E-state index contributed by atoms with van der Waals surface area (Å²) < 4.78 is 0. The van der Waals surface area contributed by atoms with Gasteiger partial charge in [-0.15, -0.1) is 0 Å². The Kier molecular flexibility index (Phi) is 4.04. The van der Waals surface area contributed by atoms with Crippen LogP contribution in [0.15, 0.2) is 0 Å². The Bertz CT molecular complexity index is 283. The molecule has 0 aliphatic carbocycles. The fourth-order valence-electron chi connectivity index (χ4n) is 1.89. The minimum Gasteiger partial charge on any atom is -0.379 e. The van der Waals surface area contributed by atoms with Crippen molar-refractivity contribution >= 4 is 11.7 Å². The monoisotopic (exact) mass is 228 g/mol. The second-order valence-electron chi connectivity index (χ2n) is 4.76. The molecule has 1 aliphatic rings. The molecule has 0 radical (unpaired) electrons.